The van der Waals surface area contributed by atoms with E-state index >= 15 is 0 Å². The predicted molar refractivity (Wildman–Crippen MR) is 113 cm³/mol. The first-order chi connectivity index (χ1) is 14.7. The molecule has 2 aromatic rings. The van der Waals surface area contributed by atoms with Gasteiger partial charge in [-0.15, -0.1) is 0 Å². The SMILES string of the molecule is Cc1cc(CNC(=O)C2CCCC(NS(=O)(=O)c3ccccc3)CN(C)C(=O)C2)no1. The van der Waals surface area contributed by atoms with Gasteiger partial charge < -0.3 is 14.7 Å². The topological polar surface area (TPSA) is 122 Å². The van der Waals surface area contributed by atoms with Crippen molar-refractivity contribution in [2.45, 2.75) is 50.1 Å². The van der Waals surface area contributed by atoms with E-state index in [0.29, 0.717) is 30.7 Å². The third-order valence-corrected chi connectivity index (χ3v) is 6.85. The molecule has 1 aromatic heterocycles. The fourth-order valence-electron chi connectivity index (χ4n) is 3.63. The molecule has 3 rings (SSSR count). The second-order valence-electron chi connectivity index (χ2n) is 7.88. The summed E-state index contributed by atoms with van der Waals surface area (Å²) < 4.78 is 33.1. The van der Waals surface area contributed by atoms with Gasteiger partial charge in [0, 0.05) is 38.0 Å². The van der Waals surface area contributed by atoms with Crippen LogP contribution in [-0.2, 0) is 26.2 Å². The number of aromatic nitrogens is 1. The highest BCUT2D eigenvalue weighted by Gasteiger charge is 2.29. The maximum absolute atomic E-state index is 12.7. The van der Waals surface area contributed by atoms with Gasteiger partial charge in [0.1, 0.15) is 11.5 Å². The van der Waals surface area contributed by atoms with Crippen LogP contribution in [0.5, 0.6) is 0 Å². The van der Waals surface area contributed by atoms with Crippen molar-refractivity contribution < 1.29 is 22.5 Å². The number of carbonyl (C=O) groups excluding carboxylic acids is 2. The van der Waals surface area contributed by atoms with Crippen molar-refractivity contribution in [2.75, 3.05) is 13.6 Å². The lowest BCUT2D eigenvalue weighted by Crippen LogP contribution is -2.44. The molecule has 2 atom stereocenters. The average Bonchev–Trinajstić information content (AvgIpc) is 3.17. The van der Waals surface area contributed by atoms with Gasteiger partial charge >= 0.3 is 0 Å². The van der Waals surface area contributed by atoms with E-state index < -0.39 is 22.0 Å². The summed E-state index contributed by atoms with van der Waals surface area (Å²) >= 11 is 0. The highest BCUT2D eigenvalue weighted by atomic mass is 32.2. The molecule has 2 heterocycles. The highest BCUT2D eigenvalue weighted by Crippen LogP contribution is 2.20. The molecule has 10 heteroatoms. The van der Waals surface area contributed by atoms with Gasteiger partial charge in [0.2, 0.25) is 21.8 Å². The third kappa shape index (κ3) is 6.38. The number of nitrogens with one attached hydrogen (secondary N) is 2. The molecule has 9 nitrogen and oxygen atoms in total. The second-order valence-corrected chi connectivity index (χ2v) is 9.60. The Bertz CT molecular complexity index is 1010. The van der Waals surface area contributed by atoms with Crippen molar-refractivity contribution in [3.63, 3.8) is 0 Å². The summed E-state index contributed by atoms with van der Waals surface area (Å²) in [4.78, 5) is 27.0. The van der Waals surface area contributed by atoms with Crippen molar-refractivity contribution in [1.82, 2.24) is 20.1 Å². The Morgan fingerprint density at radius 2 is 2.00 bits per heavy atom. The van der Waals surface area contributed by atoms with Gasteiger partial charge in [-0.05, 0) is 31.9 Å². The summed E-state index contributed by atoms with van der Waals surface area (Å²) in [6, 6.07) is 9.45. The Morgan fingerprint density at radius 1 is 1.26 bits per heavy atom. The lowest BCUT2D eigenvalue weighted by atomic mass is 9.96. The fourth-order valence-corrected chi connectivity index (χ4v) is 4.92. The van der Waals surface area contributed by atoms with Crippen molar-refractivity contribution >= 4 is 21.8 Å². The van der Waals surface area contributed by atoms with Crippen LogP contribution in [0.3, 0.4) is 0 Å². The van der Waals surface area contributed by atoms with Crippen molar-refractivity contribution in [2.24, 2.45) is 5.92 Å². The zero-order chi connectivity index (χ0) is 22.4. The molecule has 1 saturated heterocycles. The summed E-state index contributed by atoms with van der Waals surface area (Å²) in [5, 5.41) is 6.66. The van der Waals surface area contributed by atoms with E-state index in [1.54, 1.807) is 38.2 Å². The molecule has 1 fully saturated rings. The normalized spacial score (nSPS) is 20.6. The largest absolute Gasteiger partial charge is 0.361 e. The Balaban J connectivity index is 1.62. The molecule has 1 aromatic carbocycles. The van der Waals surface area contributed by atoms with E-state index in [-0.39, 0.29) is 36.2 Å². The molecule has 2 amide bonds. The lowest BCUT2D eigenvalue weighted by molar-refractivity contribution is -0.135. The number of benzene rings is 1. The predicted octanol–water partition coefficient (Wildman–Crippen LogP) is 1.59. The zero-order valence-electron chi connectivity index (χ0n) is 17.7. The summed E-state index contributed by atoms with van der Waals surface area (Å²) in [5.74, 6) is -0.228. The van der Waals surface area contributed by atoms with Crippen LogP contribution >= 0.6 is 0 Å². The molecule has 0 bridgehead atoms. The molecule has 31 heavy (non-hydrogen) atoms. The quantitative estimate of drug-likeness (QED) is 0.692. The number of aryl methyl sites for hydroxylation is 1. The van der Waals surface area contributed by atoms with Gasteiger partial charge in [-0.25, -0.2) is 13.1 Å². The minimum Gasteiger partial charge on any atom is -0.361 e. The third-order valence-electron chi connectivity index (χ3n) is 5.31. The van der Waals surface area contributed by atoms with Crippen LogP contribution in [0.2, 0.25) is 0 Å². The smallest absolute Gasteiger partial charge is 0.240 e. The summed E-state index contributed by atoms with van der Waals surface area (Å²) in [7, 11) is -2.06. The minimum atomic E-state index is -3.69. The number of carbonyl (C=O) groups is 2. The molecular formula is C21H28N4O5S. The van der Waals surface area contributed by atoms with Gasteiger partial charge in [0.05, 0.1) is 11.4 Å². The first-order valence-electron chi connectivity index (χ1n) is 10.3. The van der Waals surface area contributed by atoms with Crippen LogP contribution in [-0.4, -0.2) is 49.9 Å². The average molecular weight is 449 g/mol. The van der Waals surface area contributed by atoms with Crippen molar-refractivity contribution in [3.8, 4) is 0 Å². The fraction of sp³-hybridized carbons (Fsp3) is 0.476. The van der Waals surface area contributed by atoms with Crippen LogP contribution in [0.25, 0.3) is 0 Å². The number of sulfonamides is 1. The standard InChI is InChI=1S/C21H28N4O5S/c1-15-11-18(23-30-15)13-22-21(27)16-7-6-8-17(14-25(2)20(26)12-16)24-31(28,29)19-9-4-3-5-10-19/h3-5,9-11,16-17,24H,6-8,12-14H2,1-2H3,(H,22,27). The summed E-state index contributed by atoms with van der Waals surface area (Å²) in [5.41, 5.74) is 0.618. The van der Waals surface area contributed by atoms with Gasteiger partial charge in [-0.3, -0.25) is 9.59 Å². The van der Waals surface area contributed by atoms with Crippen LogP contribution in [0.1, 0.15) is 37.1 Å². The van der Waals surface area contributed by atoms with Gasteiger partial charge in [0.25, 0.3) is 0 Å². The number of rotatable bonds is 6. The van der Waals surface area contributed by atoms with E-state index in [9.17, 15) is 18.0 Å². The molecule has 0 radical (unpaired) electrons. The molecule has 2 N–H and O–H groups in total. The molecule has 1 aliphatic heterocycles. The zero-order valence-corrected chi connectivity index (χ0v) is 18.5. The van der Waals surface area contributed by atoms with E-state index in [1.165, 1.54) is 17.0 Å². The molecular weight excluding hydrogens is 420 g/mol. The summed E-state index contributed by atoms with van der Waals surface area (Å²) in [6.07, 6.45) is 1.71. The molecule has 0 saturated carbocycles. The van der Waals surface area contributed by atoms with Crippen LogP contribution in [0.15, 0.2) is 45.8 Å². The highest BCUT2D eigenvalue weighted by molar-refractivity contribution is 7.89. The number of likely N-dealkylation sites (N-methyl/N-ethyl adjacent to an activating group) is 1. The second kappa shape index (κ2) is 10.1. The monoisotopic (exact) mass is 448 g/mol. The Kier molecular flexibility index (Phi) is 7.45. The molecule has 168 valence electrons. The number of amides is 2. The maximum Gasteiger partial charge on any atom is 0.240 e. The Hall–Kier alpha value is -2.72. The number of hydrogen-bond acceptors (Lipinski definition) is 6. The first-order valence-corrected chi connectivity index (χ1v) is 11.7. The summed E-state index contributed by atoms with van der Waals surface area (Å²) in [6.45, 7) is 2.25. The maximum atomic E-state index is 12.7. The molecule has 1 aliphatic rings. The lowest BCUT2D eigenvalue weighted by Gasteiger charge is -2.24. The van der Waals surface area contributed by atoms with Crippen LogP contribution in [0.4, 0.5) is 0 Å². The minimum absolute atomic E-state index is 0.0817. The molecule has 0 aliphatic carbocycles. The van der Waals surface area contributed by atoms with Gasteiger partial charge in [-0.1, -0.05) is 29.8 Å². The Morgan fingerprint density at radius 3 is 2.68 bits per heavy atom. The van der Waals surface area contributed by atoms with Crippen molar-refractivity contribution in [1.29, 1.82) is 0 Å². The van der Waals surface area contributed by atoms with Crippen LogP contribution < -0.4 is 10.0 Å². The number of hydrogen-bond donors (Lipinski definition) is 2. The van der Waals surface area contributed by atoms with Crippen molar-refractivity contribution in [3.05, 3.63) is 47.9 Å². The Labute approximate surface area is 182 Å². The van der Waals surface area contributed by atoms with Gasteiger partial charge in [-0.2, -0.15) is 0 Å². The molecule has 0 spiro atoms. The van der Waals surface area contributed by atoms with E-state index in [4.69, 9.17) is 4.52 Å². The van der Waals surface area contributed by atoms with Crippen LogP contribution in [0, 0.1) is 12.8 Å². The molecule has 2 unspecified atom stereocenters. The first kappa shape index (κ1) is 23.0. The van der Waals surface area contributed by atoms with Gasteiger partial charge in [0.15, 0.2) is 0 Å². The van der Waals surface area contributed by atoms with E-state index in [2.05, 4.69) is 15.2 Å². The number of nitrogens with zero attached hydrogens (tertiary/aromatic N) is 2. The van der Waals surface area contributed by atoms with E-state index in [1.807, 2.05) is 0 Å². The van der Waals surface area contributed by atoms with E-state index in [0.717, 1.165) is 0 Å².